The van der Waals surface area contributed by atoms with Crippen LogP contribution in [0.4, 0.5) is 26.3 Å². The van der Waals surface area contributed by atoms with Gasteiger partial charge in [-0.1, -0.05) is 0 Å². The van der Waals surface area contributed by atoms with E-state index < -0.39 is 29.9 Å². The van der Waals surface area contributed by atoms with Crippen LogP contribution in [0.3, 0.4) is 0 Å². The molecular formula is C8H7F6NO. The number of hydrogen-bond acceptors (Lipinski definition) is 1. The van der Waals surface area contributed by atoms with Gasteiger partial charge in [-0.05, 0) is 11.6 Å². The highest BCUT2D eigenvalue weighted by atomic mass is 19.4. The number of alkyl halides is 6. The Morgan fingerprint density at radius 1 is 1.06 bits per heavy atom. The number of nitrogens with one attached hydrogen (secondary N) is 1. The van der Waals surface area contributed by atoms with Crippen molar-refractivity contribution in [3.8, 4) is 0 Å². The van der Waals surface area contributed by atoms with E-state index in [1.807, 2.05) is 0 Å². The van der Waals surface area contributed by atoms with Gasteiger partial charge in [-0.15, -0.1) is 0 Å². The molecule has 1 aromatic rings. The Bertz CT molecular complexity index is 313. The van der Waals surface area contributed by atoms with Gasteiger partial charge in [-0.25, -0.2) is 0 Å². The number of hydrogen-bond donors (Lipinski definition) is 2. The third kappa shape index (κ3) is 2.69. The van der Waals surface area contributed by atoms with E-state index >= 15 is 0 Å². The van der Waals surface area contributed by atoms with Gasteiger partial charge in [0.1, 0.15) is 6.10 Å². The van der Waals surface area contributed by atoms with Gasteiger partial charge in [0, 0.05) is 12.4 Å². The second kappa shape index (κ2) is 4.00. The van der Waals surface area contributed by atoms with Crippen molar-refractivity contribution in [2.24, 2.45) is 5.92 Å². The SMILES string of the molecule is OC(c1cc[nH]c1)C(C(F)(F)F)C(F)(F)F. The van der Waals surface area contributed by atoms with Crippen LogP contribution in [0.5, 0.6) is 0 Å². The Kier molecular flexibility index (Phi) is 3.22. The summed E-state index contributed by atoms with van der Waals surface area (Å²) >= 11 is 0. The molecule has 2 nitrogen and oxygen atoms in total. The van der Waals surface area contributed by atoms with Crippen LogP contribution in [-0.2, 0) is 0 Å². The molecule has 8 heteroatoms. The van der Waals surface area contributed by atoms with Crippen LogP contribution >= 0.6 is 0 Å². The van der Waals surface area contributed by atoms with Crippen molar-refractivity contribution in [1.82, 2.24) is 4.98 Å². The van der Waals surface area contributed by atoms with Gasteiger partial charge in [-0.2, -0.15) is 26.3 Å². The smallest absolute Gasteiger partial charge is 0.387 e. The molecule has 0 aliphatic rings. The van der Waals surface area contributed by atoms with Crippen molar-refractivity contribution in [3.63, 3.8) is 0 Å². The topological polar surface area (TPSA) is 36.0 Å². The maximum absolute atomic E-state index is 12.2. The largest absolute Gasteiger partial charge is 0.403 e. The molecule has 1 heterocycles. The second-order valence-corrected chi connectivity index (χ2v) is 3.15. The lowest BCUT2D eigenvalue weighted by molar-refractivity contribution is -0.307. The molecule has 0 saturated heterocycles. The molecule has 1 atom stereocenters. The minimum atomic E-state index is -5.55. The van der Waals surface area contributed by atoms with Crippen molar-refractivity contribution in [1.29, 1.82) is 0 Å². The zero-order valence-corrected chi connectivity index (χ0v) is 7.60. The van der Waals surface area contributed by atoms with Crippen LogP contribution in [0.2, 0.25) is 0 Å². The molecule has 1 rings (SSSR count). The zero-order valence-electron chi connectivity index (χ0n) is 7.60. The quantitative estimate of drug-likeness (QED) is 0.774. The molecule has 2 N–H and O–H groups in total. The Balaban J connectivity index is 3.04. The number of rotatable bonds is 2. The highest BCUT2D eigenvalue weighted by Crippen LogP contribution is 2.46. The number of halogens is 6. The maximum Gasteiger partial charge on any atom is 0.403 e. The molecule has 0 aliphatic heterocycles. The van der Waals surface area contributed by atoms with Gasteiger partial charge < -0.3 is 10.1 Å². The van der Waals surface area contributed by atoms with Crippen molar-refractivity contribution in [3.05, 3.63) is 24.0 Å². The Hall–Kier alpha value is -1.18. The first kappa shape index (κ1) is 12.9. The Labute approximate surface area is 85.9 Å². The van der Waals surface area contributed by atoms with E-state index in [1.54, 1.807) is 0 Å². The van der Waals surface area contributed by atoms with Crippen LogP contribution in [-0.4, -0.2) is 22.4 Å². The minimum Gasteiger partial charge on any atom is -0.387 e. The lowest BCUT2D eigenvalue weighted by Crippen LogP contribution is -2.40. The highest BCUT2D eigenvalue weighted by molar-refractivity contribution is 5.14. The monoisotopic (exact) mass is 247 g/mol. The maximum atomic E-state index is 12.2. The molecule has 92 valence electrons. The van der Waals surface area contributed by atoms with Crippen molar-refractivity contribution in [2.45, 2.75) is 18.5 Å². The summed E-state index contributed by atoms with van der Waals surface area (Å²) in [7, 11) is 0. The molecule has 0 spiro atoms. The molecule has 0 aromatic carbocycles. The first-order chi connectivity index (χ1) is 7.14. The normalized spacial score (nSPS) is 15.5. The van der Waals surface area contributed by atoms with E-state index in [2.05, 4.69) is 4.98 Å². The number of aromatic amines is 1. The number of aliphatic hydroxyl groups is 1. The number of aromatic nitrogens is 1. The van der Waals surface area contributed by atoms with Gasteiger partial charge in [0.2, 0.25) is 0 Å². The van der Waals surface area contributed by atoms with E-state index in [-0.39, 0.29) is 0 Å². The van der Waals surface area contributed by atoms with Gasteiger partial charge >= 0.3 is 12.4 Å². The molecule has 1 aromatic heterocycles. The summed E-state index contributed by atoms with van der Waals surface area (Å²) in [5.74, 6) is -3.78. The second-order valence-electron chi connectivity index (χ2n) is 3.15. The summed E-state index contributed by atoms with van der Waals surface area (Å²) in [6, 6.07) is 0.954. The zero-order chi connectivity index (χ0) is 12.6. The molecular weight excluding hydrogens is 240 g/mol. The van der Waals surface area contributed by atoms with E-state index in [4.69, 9.17) is 5.11 Å². The van der Waals surface area contributed by atoms with E-state index in [0.29, 0.717) is 0 Å². The molecule has 16 heavy (non-hydrogen) atoms. The fourth-order valence-electron chi connectivity index (χ4n) is 1.26. The third-order valence-electron chi connectivity index (χ3n) is 1.98. The van der Waals surface area contributed by atoms with Gasteiger partial charge in [0.15, 0.2) is 5.92 Å². The molecule has 0 amide bonds. The fraction of sp³-hybridized carbons (Fsp3) is 0.500. The van der Waals surface area contributed by atoms with E-state index in [0.717, 1.165) is 18.5 Å². The summed E-state index contributed by atoms with van der Waals surface area (Å²) in [4.78, 5) is 2.27. The summed E-state index contributed by atoms with van der Waals surface area (Å²) in [5.41, 5.74) is -0.459. The van der Waals surface area contributed by atoms with Crippen LogP contribution in [0.25, 0.3) is 0 Å². The summed E-state index contributed by atoms with van der Waals surface area (Å²) in [5, 5.41) is 9.08. The lowest BCUT2D eigenvalue weighted by Gasteiger charge is -2.26. The van der Waals surface area contributed by atoms with E-state index in [1.165, 1.54) is 0 Å². The number of aliphatic hydroxyl groups excluding tert-OH is 1. The first-order valence-corrected chi connectivity index (χ1v) is 4.08. The summed E-state index contributed by atoms with van der Waals surface area (Å²) < 4.78 is 73.0. The van der Waals surface area contributed by atoms with Crippen molar-refractivity contribution >= 4 is 0 Å². The average Bonchev–Trinajstić information content (AvgIpc) is 2.48. The van der Waals surface area contributed by atoms with Crippen molar-refractivity contribution in [2.75, 3.05) is 0 Å². The summed E-state index contributed by atoms with van der Waals surface area (Å²) in [6.07, 6.45) is -11.7. The molecule has 0 radical (unpaired) electrons. The molecule has 1 unspecified atom stereocenters. The predicted octanol–water partition coefficient (Wildman–Crippen LogP) is 2.79. The standard InChI is InChI=1S/C8H7F6NO/c9-7(10,11)6(8(12,13)14)5(16)4-1-2-15-3-4/h1-3,5-6,15-16H. The van der Waals surface area contributed by atoms with Crippen LogP contribution in [0, 0.1) is 5.92 Å². The van der Waals surface area contributed by atoms with Gasteiger partial charge in [-0.3, -0.25) is 0 Å². The number of H-pyrrole nitrogens is 1. The van der Waals surface area contributed by atoms with Gasteiger partial charge in [0.25, 0.3) is 0 Å². The highest BCUT2D eigenvalue weighted by Gasteiger charge is 2.60. The average molecular weight is 247 g/mol. The van der Waals surface area contributed by atoms with Crippen LogP contribution < -0.4 is 0 Å². The molecule has 0 saturated carbocycles. The predicted molar refractivity (Wildman–Crippen MR) is 41.4 cm³/mol. The van der Waals surface area contributed by atoms with E-state index in [9.17, 15) is 26.3 Å². The molecule has 0 aliphatic carbocycles. The first-order valence-electron chi connectivity index (χ1n) is 4.08. The van der Waals surface area contributed by atoms with Crippen LogP contribution in [0.1, 0.15) is 11.7 Å². The van der Waals surface area contributed by atoms with Gasteiger partial charge in [0.05, 0.1) is 0 Å². The van der Waals surface area contributed by atoms with Crippen molar-refractivity contribution < 1.29 is 31.4 Å². The Morgan fingerprint density at radius 2 is 1.56 bits per heavy atom. The summed E-state index contributed by atoms with van der Waals surface area (Å²) in [6.45, 7) is 0. The molecule has 0 fully saturated rings. The third-order valence-corrected chi connectivity index (χ3v) is 1.98. The minimum absolute atomic E-state index is 0.459. The molecule has 0 bridgehead atoms. The van der Waals surface area contributed by atoms with Crippen LogP contribution in [0.15, 0.2) is 18.5 Å². The fourth-order valence-corrected chi connectivity index (χ4v) is 1.26. The Morgan fingerprint density at radius 3 is 1.88 bits per heavy atom. The lowest BCUT2D eigenvalue weighted by atomic mass is 9.96.